The van der Waals surface area contributed by atoms with Crippen LogP contribution in [0.25, 0.3) is 0 Å². The van der Waals surface area contributed by atoms with E-state index in [0.29, 0.717) is 13.2 Å². The van der Waals surface area contributed by atoms with Crippen molar-refractivity contribution in [1.82, 2.24) is 0 Å². The number of rotatable bonds is 5. The fourth-order valence-corrected chi connectivity index (χ4v) is 3.35. The fraction of sp³-hybridized carbons (Fsp3) is 0.632. The van der Waals surface area contributed by atoms with Gasteiger partial charge in [0.2, 0.25) is 5.91 Å². The molecule has 3 N–H and O–H groups in total. The second-order valence-electron chi connectivity index (χ2n) is 6.87. The molecule has 2 heterocycles. The first-order valence-electron chi connectivity index (χ1n) is 9.13. The van der Waals surface area contributed by atoms with E-state index in [4.69, 9.17) is 19.9 Å². The third-order valence-corrected chi connectivity index (χ3v) is 4.98. The fourth-order valence-electron chi connectivity index (χ4n) is 3.35. The normalized spacial score (nSPS) is 20.9. The number of amides is 1. The summed E-state index contributed by atoms with van der Waals surface area (Å²) in [5.74, 6) is 0.911. The lowest BCUT2D eigenvalue weighted by Crippen LogP contribution is -2.44. The molecule has 0 aromatic heterocycles. The van der Waals surface area contributed by atoms with Gasteiger partial charge in [-0.1, -0.05) is 0 Å². The molecule has 0 spiro atoms. The molecule has 0 saturated carbocycles. The first-order chi connectivity index (χ1) is 12.1. The maximum Gasteiger partial charge on any atom is 0.241 e. The zero-order valence-electron chi connectivity index (χ0n) is 14.8. The third-order valence-electron chi connectivity index (χ3n) is 4.98. The van der Waals surface area contributed by atoms with Gasteiger partial charge in [0.25, 0.3) is 0 Å². The smallest absolute Gasteiger partial charge is 0.241 e. The van der Waals surface area contributed by atoms with Gasteiger partial charge in [0.15, 0.2) is 0 Å². The Hall–Kier alpha value is -1.63. The first-order valence-corrected chi connectivity index (χ1v) is 9.13. The number of nitrogens with one attached hydrogen (secondary N) is 1. The molecule has 1 amide bonds. The van der Waals surface area contributed by atoms with Gasteiger partial charge in [-0.3, -0.25) is 4.79 Å². The van der Waals surface area contributed by atoms with Gasteiger partial charge >= 0.3 is 0 Å². The van der Waals surface area contributed by atoms with Crippen LogP contribution in [-0.2, 0) is 14.3 Å². The van der Waals surface area contributed by atoms with E-state index in [1.807, 2.05) is 25.1 Å². The predicted octanol–water partition coefficient (Wildman–Crippen LogP) is 2.25. The van der Waals surface area contributed by atoms with Crippen molar-refractivity contribution >= 4 is 11.6 Å². The molecule has 0 bridgehead atoms. The number of carbonyl (C=O) groups excluding carboxylic acids is 1. The van der Waals surface area contributed by atoms with Crippen molar-refractivity contribution in [3.8, 4) is 5.75 Å². The maximum absolute atomic E-state index is 12.4. The molecule has 1 aromatic carbocycles. The molecule has 0 aliphatic carbocycles. The molecule has 25 heavy (non-hydrogen) atoms. The Morgan fingerprint density at radius 3 is 2.44 bits per heavy atom. The number of benzene rings is 1. The van der Waals surface area contributed by atoms with Crippen molar-refractivity contribution < 1.29 is 19.0 Å². The molecule has 1 aromatic rings. The van der Waals surface area contributed by atoms with Crippen molar-refractivity contribution in [2.24, 2.45) is 11.7 Å². The summed E-state index contributed by atoms with van der Waals surface area (Å²) in [6.07, 6.45) is 3.71. The maximum atomic E-state index is 12.4. The molecule has 6 heteroatoms. The van der Waals surface area contributed by atoms with E-state index in [1.54, 1.807) is 0 Å². The molecule has 2 saturated heterocycles. The average Bonchev–Trinajstić information content (AvgIpc) is 2.65. The van der Waals surface area contributed by atoms with Crippen LogP contribution >= 0.6 is 0 Å². The molecule has 1 unspecified atom stereocenters. The Bertz CT molecular complexity index is 581. The topological polar surface area (TPSA) is 82.8 Å². The van der Waals surface area contributed by atoms with Crippen LogP contribution in [0.4, 0.5) is 5.69 Å². The predicted molar refractivity (Wildman–Crippen MR) is 95.8 cm³/mol. The van der Waals surface area contributed by atoms with Crippen LogP contribution in [0, 0.1) is 12.8 Å². The van der Waals surface area contributed by atoms with Crippen LogP contribution in [0.15, 0.2) is 18.2 Å². The van der Waals surface area contributed by atoms with Crippen molar-refractivity contribution in [2.45, 2.75) is 44.8 Å². The van der Waals surface area contributed by atoms with E-state index in [2.05, 4.69) is 5.32 Å². The van der Waals surface area contributed by atoms with Crippen molar-refractivity contribution in [3.05, 3.63) is 23.8 Å². The number of anilines is 1. The summed E-state index contributed by atoms with van der Waals surface area (Å²) < 4.78 is 16.7. The zero-order chi connectivity index (χ0) is 17.6. The minimum absolute atomic E-state index is 0.135. The Kier molecular flexibility index (Phi) is 6.29. The quantitative estimate of drug-likeness (QED) is 0.853. The zero-order valence-corrected chi connectivity index (χ0v) is 14.8. The Morgan fingerprint density at radius 2 is 1.80 bits per heavy atom. The highest BCUT2D eigenvalue weighted by molar-refractivity contribution is 5.95. The van der Waals surface area contributed by atoms with E-state index in [1.165, 1.54) is 0 Å². The molecule has 1 atom stereocenters. The average molecular weight is 348 g/mol. The monoisotopic (exact) mass is 348 g/mol. The number of nitrogens with two attached hydrogens (primary N) is 1. The lowest BCUT2D eigenvalue weighted by Gasteiger charge is -2.27. The van der Waals surface area contributed by atoms with E-state index in [9.17, 15) is 4.79 Å². The van der Waals surface area contributed by atoms with E-state index in [0.717, 1.165) is 55.9 Å². The first kappa shape index (κ1) is 18.2. The van der Waals surface area contributed by atoms with Crippen molar-refractivity contribution in [2.75, 3.05) is 31.7 Å². The lowest BCUT2D eigenvalue weighted by atomic mass is 9.92. The highest BCUT2D eigenvalue weighted by Crippen LogP contribution is 2.26. The summed E-state index contributed by atoms with van der Waals surface area (Å²) in [5.41, 5.74) is 7.88. The van der Waals surface area contributed by atoms with Gasteiger partial charge in [-0.15, -0.1) is 0 Å². The van der Waals surface area contributed by atoms with Crippen LogP contribution in [0.2, 0.25) is 0 Å². The third kappa shape index (κ3) is 4.93. The van der Waals surface area contributed by atoms with Gasteiger partial charge in [-0.05, 0) is 49.4 Å². The van der Waals surface area contributed by atoms with Crippen LogP contribution in [0.3, 0.4) is 0 Å². The molecular weight excluding hydrogens is 320 g/mol. The largest absolute Gasteiger partial charge is 0.490 e. The van der Waals surface area contributed by atoms with Crippen LogP contribution in [-0.4, -0.2) is 44.5 Å². The second-order valence-corrected chi connectivity index (χ2v) is 6.87. The van der Waals surface area contributed by atoms with Gasteiger partial charge in [0.05, 0.1) is 19.3 Å². The second kappa shape index (κ2) is 8.65. The molecular formula is C19H28N2O4. The number of hydrogen-bond donors (Lipinski definition) is 2. The molecule has 138 valence electrons. The van der Waals surface area contributed by atoms with Crippen molar-refractivity contribution in [1.29, 1.82) is 0 Å². The van der Waals surface area contributed by atoms with E-state index >= 15 is 0 Å². The summed E-state index contributed by atoms with van der Waals surface area (Å²) in [5, 5.41) is 2.93. The van der Waals surface area contributed by atoms with Crippen LogP contribution < -0.4 is 15.8 Å². The van der Waals surface area contributed by atoms with Gasteiger partial charge in [0, 0.05) is 31.7 Å². The lowest BCUT2D eigenvalue weighted by molar-refractivity contribution is -0.119. The minimum Gasteiger partial charge on any atom is -0.490 e. The van der Waals surface area contributed by atoms with Gasteiger partial charge in [0.1, 0.15) is 11.9 Å². The molecule has 3 rings (SSSR count). The Labute approximate surface area is 149 Å². The van der Waals surface area contributed by atoms with Crippen LogP contribution in [0.1, 0.15) is 31.2 Å². The highest BCUT2D eigenvalue weighted by Gasteiger charge is 2.26. The number of carbonyl (C=O) groups is 1. The van der Waals surface area contributed by atoms with Crippen LogP contribution in [0.5, 0.6) is 5.75 Å². The van der Waals surface area contributed by atoms with Gasteiger partial charge < -0.3 is 25.3 Å². The SMILES string of the molecule is Cc1cc(NC(=O)C(N)C2CCOCC2)ccc1OC1CCOCC1. The highest BCUT2D eigenvalue weighted by atomic mass is 16.5. The van der Waals surface area contributed by atoms with Gasteiger partial charge in [-0.2, -0.15) is 0 Å². The number of ether oxygens (including phenoxy) is 3. The molecule has 2 aliphatic heterocycles. The molecule has 2 fully saturated rings. The molecule has 0 radical (unpaired) electrons. The van der Waals surface area contributed by atoms with E-state index in [-0.39, 0.29) is 17.9 Å². The summed E-state index contributed by atoms with van der Waals surface area (Å²) >= 11 is 0. The summed E-state index contributed by atoms with van der Waals surface area (Å²) in [6, 6.07) is 5.22. The van der Waals surface area contributed by atoms with E-state index < -0.39 is 6.04 Å². The molecule has 6 nitrogen and oxygen atoms in total. The summed E-state index contributed by atoms with van der Waals surface area (Å²) in [6.45, 7) is 4.86. The Morgan fingerprint density at radius 1 is 1.16 bits per heavy atom. The van der Waals surface area contributed by atoms with Crippen molar-refractivity contribution in [3.63, 3.8) is 0 Å². The standard InChI is InChI=1S/C19H28N2O4/c1-13-12-15(2-3-17(13)25-16-6-10-24-11-7-16)21-19(22)18(20)14-4-8-23-9-5-14/h2-3,12,14,16,18H,4-11,20H2,1H3,(H,21,22). The minimum atomic E-state index is -0.498. The summed E-state index contributed by atoms with van der Waals surface area (Å²) in [7, 11) is 0. The van der Waals surface area contributed by atoms with Gasteiger partial charge in [-0.25, -0.2) is 0 Å². The number of aryl methyl sites for hydroxylation is 1. The number of hydrogen-bond acceptors (Lipinski definition) is 5. The summed E-state index contributed by atoms with van der Waals surface area (Å²) in [4.78, 5) is 12.4. The molecule has 2 aliphatic rings. The Balaban J connectivity index is 1.57.